The van der Waals surface area contributed by atoms with Gasteiger partial charge in [-0.1, -0.05) is 43.5 Å². The average Bonchev–Trinajstić information content (AvgIpc) is 2.61. The van der Waals surface area contributed by atoms with E-state index in [1.165, 1.54) is 18.2 Å². The van der Waals surface area contributed by atoms with Crippen molar-refractivity contribution in [3.8, 4) is 11.5 Å². The number of nitrogens with one attached hydrogen (secondary N) is 1. The van der Waals surface area contributed by atoms with E-state index in [2.05, 4.69) is 18.5 Å². The zero-order chi connectivity index (χ0) is 18.1. The molecule has 0 saturated heterocycles. The van der Waals surface area contributed by atoms with Crippen LogP contribution in [0.2, 0.25) is 0 Å². The number of ketones is 1. The number of phenolic OH excluding ortho intramolecular Hbond substituents is 2. The number of amides is 1. The van der Waals surface area contributed by atoms with Crippen molar-refractivity contribution in [1.29, 1.82) is 0 Å². The monoisotopic (exact) mass is 325 g/mol. The van der Waals surface area contributed by atoms with Gasteiger partial charge in [0.15, 0.2) is 5.78 Å². The third-order valence-corrected chi connectivity index (χ3v) is 3.07. The Balaban J connectivity index is 0.000000413. The Morgan fingerprint density at radius 2 is 1.67 bits per heavy atom. The van der Waals surface area contributed by atoms with Gasteiger partial charge in [0.05, 0.1) is 5.56 Å². The second kappa shape index (κ2) is 8.95. The molecule has 0 aromatic heterocycles. The van der Waals surface area contributed by atoms with Crippen LogP contribution in [-0.2, 0) is 4.79 Å². The summed E-state index contributed by atoms with van der Waals surface area (Å²) < 4.78 is 0. The normalized spacial score (nSPS) is 9.21. The van der Waals surface area contributed by atoms with Gasteiger partial charge in [-0.25, -0.2) is 0 Å². The third-order valence-electron chi connectivity index (χ3n) is 3.07. The summed E-state index contributed by atoms with van der Waals surface area (Å²) in [6.45, 7) is 6.85. The van der Waals surface area contributed by atoms with Crippen LogP contribution in [0.1, 0.15) is 21.5 Å². The molecular formula is C19H19NO4. The summed E-state index contributed by atoms with van der Waals surface area (Å²) in [4.78, 5) is 22.1. The van der Waals surface area contributed by atoms with E-state index < -0.39 is 0 Å². The van der Waals surface area contributed by atoms with Crippen molar-refractivity contribution in [2.75, 3.05) is 7.05 Å². The van der Waals surface area contributed by atoms with E-state index in [0.29, 0.717) is 5.56 Å². The molecule has 0 saturated carbocycles. The Kier molecular flexibility index (Phi) is 6.97. The molecule has 2 aromatic carbocycles. The predicted molar refractivity (Wildman–Crippen MR) is 94.0 cm³/mol. The van der Waals surface area contributed by atoms with Gasteiger partial charge in [-0.05, 0) is 23.8 Å². The van der Waals surface area contributed by atoms with Crippen molar-refractivity contribution in [3.63, 3.8) is 0 Å². The van der Waals surface area contributed by atoms with E-state index in [1.54, 1.807) is 37.4 Å². The van der Waals surface area contributed by atoms with Gasteiger partial charge < -0.3 is 15.5 Å². The quantitative estimate of drug-likeness (QED) is 0.596. The van der Waals surface area contributed by atoms with Crippen molar-refractivity contribution in [2.24, 2.45) is 0 Å². The number of hydrogen-bond donors (Lipinski definition) is 3. The summed E-state index contributed by atoms with van der Waals surface area (Å²) in [7, 11) is 1.56. The lowest BCUT2D eigenvalue weighted by atomic mass is 10.0. The minimum Gasteiger partial charge on any atom is -0.508 e. The Morgan fingerprint density at radius 3 is 2.08 bits per heavy atom. The molecule has 2 aromatic rings. The van der Waals surface area contributed by atoms with Crippen molar-refractivity contribution in [3.05, 3.63) is 78.4 Å². The highest BCUT2D eigenvalue weighted by atomic mass is 16.3. The first-order valence-corrected chi connectivity index (χ1v) is 7.06. The molecule has 2 rings (SSSR count). The fourth-order valence-electron chi connectivity index (χ4n) is 1.74. The molecule has 5 nitrogen and oxygen atoms in total. The molecule has 0 atom stereocenters. The number of aromatic hydroxyl groups is 2. The smallest absolute Gasteiger partial charge is 0.243 e. The zero-order valence-corrected chi connectivity index (χ0v) is 13.3. The van der Waals surface area contributed by atoms with Crippen LogP contribution in [0.25, 0.3) is 6.08 Å². The van der Waals surface area contributed by atoms with Gasteiger partial charge >= 0.3 is 0 Å². The topological polar surface area (TPSA) is 86.6 Å². The van der Waals surface area contributed by atoms with Crippen LogP contribution >= 0.6 is 0 Å². The number of carbonyl (C=O) groups excluding carboxylic acids is 2. The molecular weight excluding hydrogens is 306 g/mol. The Hall–Kier alpha value is -3.34. The van der Waals surface area contributed by atoms with Crippen LogP contribution in [0.3, 0.4) is 0 Å². The summed E-state index contributed by atoms with van der Waals surface area (Å²) in [5.41, 5.74) is 1.56. The number of hydrogen-bond acceptors (Lipinski definition) is 4. The first kappa shape index (κ1) is 18.7. The molecule has 0 spiro atoms. The molecule has 24 heavy (non-hydrogen) atoms. The highest BCUT2D eigenvalue weighted by Crippen LogP contribution is 2.25. The van der Waals surface area contributed by atoms with E-state index in [-0.39, 0.29) is 28.8 Å². The first-order valence-electron chi connectivity index (χ1n) is 7.06. The van der Waals surface area contributed by atoms with Gasteiger partial charge in [0.2, 0.25) is 5.91 Å². The van der Waals surface area contributed by atoms with Crippen LogP contribution in [0.5, 0.6) is 11.5 Å². The summed E-state index contributed by atoms with van der Waals surface area (Å²) >= 11 is 0. The minimum absolute atomic E-state index is 0.0777. The van der Waals surface area contributed by atoms with E-state index in [9.17, 15) is 19.8 Å². The van der Waals surface area contributed by atoms with Gasteiger partial charge in [-0.2, -0.15) is 0 Å². The average molecular weight is 325 g/mol. The second-order valence-corrected chi connectivity index (χ2v) is 4.68. The fourth-order valence-corrected chi connectivity index (χ4v) is 1.74. The highest BCUT2D eigenvalue weighted by Gasteiger charge is 2.13. The molecule has 0 fully saturated rings. The van der Waals surface area contributed by atoms with E-state index in [1.807, 2.05) is 0 Å². The van der Waals surface area contributed by atoms with Crippen LogP contribution in [0.4, 0.5) is 0 Å². The van der Waals surface area contributed by atoms with E-state index in [0.717, 1.165) is 11.6 Å². The van der Waals surface area contributed by atoms with Gasteiger partial charge in [-0.15, -0.1) is 0 Å². The lowest BCUT2D eigenvalue weighted by Gasteiger charge is -2.04. The Bertz CT molecular complexity index is 748. The molecule has 0 aliphatic rings. The van der Waals surface area contributed by atoms with Gasteiger partial charge in [0, 0.05) is 18.7 Å². The number of likely N-dealkylation sites (N-methyl/N-ethyl adjacent to an activating group) is 1. The number of carbonyl (C=O) groups is 2. The highest BCUT2D eigenvalue weighted by molar-refractivity contribution is 6.10. The largest absolute Gasteiger partial charge is 0.508 e. The first-order chi connectivity index (χ1) is 11.4. The third kappa shape index (κ3) is 5.14. The maximum Gasteiger partial charge on any atom is 0.243 e. The summed E-state index contributed by atoms with van der Waals surface area (Å²) in [5.74, 6) is -0.739. The van der Waals surface area contributed by atoms with Crippen molar-refractivity contribution >= 4 is 17.8 Å². The molecule has 5 heteroatoms. The Labute approximate surface area is 140 Å². The molecule has 0 bridgehead atoms. The van der Waals surface area contributed by atoms with Gasteiger partial charge in [-0.3, -0.25) is 9.59 Å². The SMILES string of the molecule is C=CC(=O)NC.C=Cc1ccc(C(=O)c2ccc(O)cc2O)cc1. The van der Waals surface area contributed by atoms with E-state index in [4.69, 9.17) is 0 Å². The molecule has 1 amide bonds. The lowest BCUT2D eigenvalue weighted by molar-refractivity contribution is -0.116. The molecule has 0 radical (unpaired) electrons. The molecule has 0 aliphatic heterocycles. The lowest BCUT2D eigenvalue weighted by Crippen LogP contribution is -2.13. The fraction of sp³-hybridized carbons (Fsp3) is 0.0526. The maximum atomic E-state index is 12.1. The molecule has 0 aliphatic carbocycles. The standard InChI is InChI=1S/C15H12O3.C4H7NO/c1-2-10-3-5-11(6-4-10)15(18)13-8-7-12(16)9-14(13)17;1-3-4(6)5-2/h2-9,16-17H,1H2;3H,1H2,2H3,(H,5,6). The summed E-state index contributed by atoms with van der Waals surface area (Å²) in [6.07, 6.45) is 2.91. The molecule has 3 N–H and O–H groups in total. The summed E-state index contributed by atoms with van der Waals surface area (Å²) in [6, 6.07) is 10.8. The number of rotatable bonds is 4. The molecule has 124 valence electrons. The maximum absolute atomic E-state index is 12.1. The zero-order valence-electron chi connectivity index (χ0n) is 13.3. The molecule has 0 heterocycles. The second-order valence-electron chi connectivity index (χ2n) is 4.68. The summed E-state index contributed by atoms with van der Waals surface area (Å²) in [5, 5.41) is 21.2. The van der Waals surface area contributed by atoms with Crippen LogP contribution < -0.4 is 5.32 Å². The van der Waals surface area contributed by atoms with Crippen LogP contribution in [0, 0.1) is 0 Å². The van der Waals surface area contributed by atoms with Crippen LogP contribution in [0.15, 0.2) is 61.7 Å². The number of benzene rings is 2. The van der Waals surface area contributed by atoms with Crippen LogP contribution in [-0.4, -0.2) is 29.0 Å². The van der Waals surface area contributed by atoms with Crippen molar-refractivity contribution in [1.82, 2.24) is 5.32 Å². The predicted octanol–water partition coefficient (Wildman–Crippen LogP) is 2.89. The van der Waals surface area contributed by atoms with E-state index >= 15 is 0 Å². The Morgan fingerprint density at radius 1 is 1.04 bits per heavy atom. The van der Waals surface area contributed by atoms with Gasteiger partial charge in [0.25, 0.3) is 0 Å². The van der Waals surface area contributed by atoms with Crippen molar-refractivity contribution < 1.29 is 19.8 Å². The van der Waals surface area contributed by atoms with Gasteiger partial charge in [0.1, 0.15) is 11.5 Å². The number of phenols is 2. The van der Waals surface area contributed by atoms with Crippen molar-refractivity contribution in [2.45, 2.75) is 0 Å². The molecule has 0 unspecified atom stereocenters. The minimum atomic E-state index is -0.289.